The van der Waals surface area contributed by atoms with Crippen LogP contribution in [0.2, 0.25) is 18.1 Å². The number of nitrogens with one attached hydrogen (secondary N) is 1. The molecule has 1 fully saturated rings. The third kappa shape index (κ3) is 3.63. The van der Waals surface area contributed by atoms with E-state index in [1.54, 1.807) is 16.8 Å². The van der Waals surface area contributed by atoms with Crippen molar-refractivity contribution < 1.29 is 19.4 Å². The maximum absolute atomic E-state index is 11.9. The van der Waals surface area contributed by atoms with Crippen LogP contribution in [0.5, 0.6) is 0 Å². The van der Waals surface area contributed by atoms with Crippen LogP contribution in [-0.2, 0) is 9.16 Å². The van der Waals surface area contributed by atoms with Crippen molar-refractivity contribution in [2.75, 3.05) is 11.9 Å². The second-order valence-corrected chi connectivity index (χ2v) is 15.0. The van der Waals surface area contributed by atoms with Crippen molar-refractivity contribution in [1.29, 1.82) is 0 Å². The SMILES string of the molecule is CC(C)(C)[Si](C)(C)OC[C@H]1O[C@@H](n2cc3ccc(=O)nc4c3c2N=C(N)N4)[C@](C)(O)[C@@H]1O. The van der Waals surface area contributed by atoms with E-state index in [2.05, 4.69) is 49.2 Å². The molecule has 2 aromatic rings. The molecule has 2 aliphatic rings. The van der Waals surface area contributed by atoms with Gasteiger partial charge in [-0.05, 0) is 31.1 Å². The highest BCUT2D eigenvalue weighted by Gasteiger charge is 2.54. The number of hydrogen-bond donors (Lipinski definition) is 4. The molecule has 2 aliphatic heterocycles. The minimum absolute atomic E-state index is 0.000610. The molecule has 4 heterocycles. The smallest absolute Gasteiger partial charge is 0.271 e. The van der Waals surface area contributed by atoms with Gasteiger partial charge in [-0.25, -0.2) is 0 Å². The van der Waals surface area contributed by atoms with Gasteiger partial charge in [0.25, 0.3) is 5.56 Å². The molecule has 0 radical (unpaired) electrons. The lowest BCUT2D eigenvalue weighted by atomic mass is 9.96. The summed E-state index contributed by atoms with van der Waals surface area (Å²) in [4.78, 5) is 20.3. The molecule has 32 heavy (non-hydrogen) atoms. The zero-order valence-electron chi connectivity index (χ0n) is 19.2. The van der Waals surface area contributed by atoms with E-state index >= 15 is 0 Å². The Hall–Kier alpha value is -2.31. The number of rotatable bonds is 4. The summed E-state index contributed by atoms with van der Waals surface area (Å²) in [7, 11) is -2.08. The van der Waals surface area contributed by atoms with Crippen molar-refractivity contribution in [3.05, 3.63) is 28.7 Å². The largest absolute Gasteiger partial charge is 0.414 e. The Morgan fingerprint density at radius 3 is 2.72 bits per heavy atom. The molecular formula is C21H31N5O5Si. The molecule has 0 amide bonds. The summed E-state index contributed by atoms with van der Waals surface area (Å²) >= 11 is 0. The van der Waals surface area contributed by atoms with Crippen LogP contribution in [0.3, 0.4) is 0 Å². The van der Waals surface area contributed by atoms with E-state index in [4.69, 9.17) is 14.9 Å². The summed E-state index contributed by atoms with van der Waals surface area (Å²) in [5.74, 6) is 0.734. The molecule has 5 N–H and O–H groups in total. The standard InChI is InChI=1S/C21H31N5O5Si/c1-20(2,3)32(5,6)30-10-12-15(28)21(4,29)18(31-12)26-9-11-7-8-13(27)23-16-14(11)17(26)25-19(22)24-16/h7-9,12,15,18,28-29H,10H2,1-6H3,(H3,22,23,24,25,27)/t12-,15-,18-,21-/m1/s1. The summed E-state index contributed by atoms with van der Waals surface area (Å²) in [5.41, 5.74) is 3.87. The molecule has 1 saturated heterocycles. The van der Waals surface area contributed by atoms with Crippen LogP contribution in [0.1, 0.15) is 33.9 Å². The van der Waals surface area contributed by atoms with Gasteiger partial charge in [0.15, 0.2) is 14.5 Å². The second-order valence-electron chi connectivity index (χ2n) is 10.2. The van der Waals surface area contributed by atoms with Gasteiger partial charge in [0.05, 0.1) is 12.0 Å². The Morgan fingerprint density at radius 1 is 1.38 bits per heavy atom. The third-order valence-corrected chi connectivity index (χ3v) is 11.3. The number of ether oxygens (including phenoxy) is 1. The molecule has 0 bridgehead atoms. The molecule has 174 valence electrons. The minimum atomic E-state index is -2.08. The Labute approximate surface area is 187 Å². The maximum Gasteiger partial charge on any atom is 0.271 e. The van der Waals surface area contributed by atoms with E-state index in [-0.39, 0.29) is 23.4 Å². The first-order valence-electron chi connectivity index (χ1n) is 10.6. The Bertz CT molecular complexity index is 1150. The summed E-state index contributed by atoms with van der Waals surface area (Å²) in [6.07, 6.45) is -1.15. The first-order valence-corrected chi connectivity index (χ1v) is 13.5. The van der Waals surface area contributed by atoms with Crippen molar-refractivity contribution in [1.82, 2.24) is 9.55 Å². The summed E-state index contributed by atoms with van der Waals surface area (Å²) < 4.78 is 14.0. The van der Waals surface area contributed by atoms with Gasteiger partial charge in [-0.3, -0.25) is 4.79 Å². The minimum Gasteiger partial charge on any atom is -0.414 e. The predicted octanol–water partition coefficient (Wildman–Crippen LogP) is 1.80. The van der Waals surface area contributed by atoms with E-state index in [0.717, 1.165) is 0 Å². The lowest BCUT2D eigenvalue weighted by Gasteiger charge is -2.37. The van der Waals surface area contributed by atoms with Gasteiger partial charge >= 0.3 is 0 Å². The van der Waals surface area contributed by atoms with Gasteiger partial charge in [-0.2, -0.15) is 9.98 Å². The average molecular weight is 462 g/mol. The van der Waals surface area contributed by atoms with Crippen LogP contribution in [-0.4, -0.2) is 58.5 Å². The Balaban J connectivity index is 1.72. The predicted molar refractivity (Wildman–Crippen MR) is 125 cm³/mol. The second kappa shape index (κ2) is 7.35. The molecule has 2 aromatic heterocycles. The normalized spacial score (nSPS) is 28.0. The number of nitrogens with zero attached hydrogens (tertiary/aromatic N) is 3. The van der Waals surface area contributed by atoms with Crippen molar-refractivity contribution in [2.45, 2.75) is 69.9 Å². The summed E-state index contributed by atoms with van der Waals surface area (Å²) in [5, 5.41) is 26.2. The topological polar surface area (TPSA) is 144 Å². The van der Waals surface area contributed by atoms with Crippen molar-refractivity contribution in [2.24, 2.45) is 10.7 Å². The highest BCUT2D eigenvalue weighted by molar-refractivity contribution is 6.74. The quantitative estimate of drug-likeness (QED) is 0.505. The number of hydrogen-bond acceptors (Lipinski definition) is 9. The van der Waals surface area contributed by atoms with Gasteiger partial charge in [0.1, 0.15) is 29.4 Å². The molecule has 0 unspecified atom stereocenters. The van der Waals surface area contributed by atoms with E-state index in [9.17, 15) is 15.0 Å². The van der Waals surface area contributed by atoms with Gasteiger partial charge in [0, 0.05) is 17.6 Å². The first kappa shape index (κ1) is 22.9. The maximum atomic E-state index is 11.9. The monoisotopic (exact) mass is 461 g/mol. The van der Waals surface area contributed by atoms with Crippen LogP contribution in [0.15, 0.2) is 28.1 Å². The van der Waals surface area contributed by atoms with Crippen LogP contribution < -0.4 is 16.6 Å². The molecule has 0 spiro atoms. The highest BCUT2D eigenvalue weighted by atomic mass is 28.4. The summed E-state index contributed by atoms with van der Waals surface area (Å²) in [6.45, 7) is 12.3. The number of aliphatic imine (C=N–C) groups is 1. The molecule has 0 saturated carbocycles. The fourth-order valence-electron chi connectivity index (χ4n) is 3.80. The molecule has 0 aromatic carbocycles. The molecule has 4 rings (SSSR count). The Morgan fingerprint density at radius 2 is 2.06 bits per heavy atom. The van der Waals surface area contributed by atoms with Gasteiger partial charge < -0.3 is 35.0 Å². The lowest BCUT2D eigenvalue weighted by Crippen LogP contribution is -2.47. The van der Waals surface area contributed by atoms with E-state index in [0.29, 0.717) is 16.6 Å². The van der Waals surface area contributed by atoms with Gasteiger partial charge in [0.2, 0.25) is 5.96 Å². The van der Waals surface area contributed by atoms with Gasteiger partial charge in [-0.15, -0.1) is 0 Å². The van der Waals surface area contributed by atoms with Crippen molar-refractivity contribution in [3.8, 4) is 0 Å². The average Bonchev–Trinajstić information content (AvgIpc) is 3.06. The zero-order chi connectivity index (χ0) is 23.6. The fraction of sp³-hybridized carbons (Fsp3) is 0.571. The van der Waals surface area contributed by atoms with Crippen LogP contribution in [0.4, 0.5) is 11.6 Å². The third-order valence-electron chi connectivity index (χ3n) is 6.79. The first-order chi connectivity index (χ1) is 14.7. The van der Waals surface area contributed by atoms with E-state index in [1.165, 1.54) is 13.0 Å². The summed E-state index contributed by atoms with van der Waals surface area (Å²) in [6, 6.07) is 2.98. The Kier molecular flexibility index (Phi) is 5.25. The van der Waals surface area contributed by atoms with Crippen molar-refractivity contribution in [3.63, 3.8) is 0 Å². The number of aromatic nitrogens is 2. The number of aliphatic hydroxyl groups is 2. The number of anilines is 1. The molecule has 10 nitrogen and oxygen atoms in total. The van der Waals surface area contributed by atoms with Gasteiger partial charge in [-0.1, -0.05) is 20.8 Å². The highest BCUT2D eigenvalue weighted by Crippen LogP contribution is 2.45. The lowest BCUT2D eigenvalue weighted by molar-refractivity contribution is -0.0953. The van der Waals surface area contributed by atoms with Crippen LogP contribution >= 0.6 is 0 Å². The molecule has 0 aliphatic carbocycles. The molecule has 4 atom stereocenters. The fourth-order valence-corrected chi connectivity index (χ4v) is 4.81. The van der Waals surface area contributed by atoms with E-state index < -0.39 is 37.9 Å². The van der Waals surface area contributed by atoms with Crippen molar-refractivity contribution >= 4 is 36.7 Å². The number of guanidine groups is 1. The van der Waals surface area contributed by atoms with E-state index in [1.807, 2.05) is 0 Å². The molecular weight excluding hydrogens is 430 g/mol. The number of nitrogens with two attached hydrogens (primary N) is 1. The zero-order valence-corrected chi connectivity index (χ0v) is 20.2. The number of aliphatic hydroxyl groups excluding tert-OH is 1. The molecule has 11 heteroatoms. The van der Waals surface area contributed by atoms with Crippen LogP contribution in [0.25, 0.3) is 10.8 Å². The van der Waals surface area contributed by atoms with Crippen LogP contribution in [0, 0.1) is 0 Å².